The van der Waals surface area contributed by atoms with Crippen LogP contribution in [0, 0.1) is 0 Å². The molecule has 0 aliphatic heterocycles. The van der Waals surface area contributed by atoms with Crippen molar-refractivity contribution >= 4 is 27.5 Å². The summed E-state index contributed by atoms with van der Waals surface area (Å²) in [4.78, 5) is 11.9. The molecule has 0 saturated heterocycles. The second-order valence-electron chi connectivity index (χ2n) is 4.75. The Hall–Kier alpha value is -1.65. The molecule has 0 saturated carbocycles. The molecule has 0 spiro atoms. The van der Waals surface area contributed by atoms with E-state index in [0.717, 1.165) is 16.6 Å². The molecule has 0 aliphatic rings. The Morgan fingerprint density at radius 1 is 1.05 bits per heavy atom. The summed E-state index contributed by atoms with van der Waals surface area (Å²) in [5.41, 5.74) is 3.35. The van der Waals surface area contributed by atoms with E-state index < -0.39 is 0 Å². The topological polar surface area (TPSA) is 41.1 Å². The summed E-state index contributed by atoms with van der Waals surface area (Å²) in [5.74, 6) is -0.0455. The minimum Gasteiger partial charge on any atom is -0.324 e. The zero-order valence-corrected chi connectivity index (χ0v) is 13.6. The number of hydrogen-bond donors (Lipinski definition) is 2. The molecular formula is C17H19BrN2O. The van der Waals surface area contributed by atoms with Crippen molar-refractivity contribution in [3.63, 3.8) is 0 Å². The van der Waals surface area contributed by atoms with Crippen molar-refractivity contribution in [3.8, 4) is 0 Å². The Bertz CT molecular complexity index is 613. The van der Waals surface area contributed by atoms with E-state index >= 15 is 0 Å². The van der Waals surface area contributed by atoms with Crippen molar-refractivity contribution in [1.82, 2.24) is 5.32 Å². The van der Waals surface area contributed by atoms with E-state index in [-0.39, 0.29) is 5.91 Å². The number of rotatable bonds is 6. The first kappa shape index (κ1) is 15.7. The lowest BCUT2D eigenvalue weighted by Crippen LogP contribution is -2.28. The third-order valence-electron chi connectivity index (χ3n) is 3.25. The summed E-state index contributed by atoms with van der Waals surface area (Å²) < 4.78 is 0.884. The van der Waals surface area contributed by atoms with Crippen molar-refractivity contribution < 1.29 is 4.79 Å². The van der Waals surface area contributed by atoms with Crippen LogP contribution in [0.2, 0.25) is 0 Å². The highest BCUT2D eigenvalue weighted by Gasteiger charge is 2.05. The smallest absolute Gasteiger partial charge is 0.238 e. The molecule has 110 valence electrons. The van der Waals surface area contributed by atoms with Gasteiger partial charge in [0, 0.05) is 11.0 Å². The number of carbonyl (C=O) groups is 1. The van der Waals surface area contributed by atoms with Gasteiger partial charge in [0.25, 0.3) is 0 Å². The van der Waals surface area contributed by atoms with Crippen LogP contribution in [0.3, 0.4) is 0 Å². The van der Waals surface area contributed by atoms with E-state index in [2.05, 4.69) is 45.6 Å². The molecule has 4 heteroatoms. The van der Waals surface area contributed by atoms with Gasteiger partial charge in [0.15, 0.2) is 0 Å². The van der Waals surface area contributed by atoms with Crippen molar-refractivity contribution in [2.24, 2.45) is 0 Å². The fourth-order valence-corrected chi connectivity index (χ4v) is 2.53. The van der Waals surface area contributed by atoms with Crippen LogP contribution in [0.15, 0.2) is 53.0 Å². The highest BCUT2D eigenvalue weighted by molar-refractivity contribution is 9.10. The predicted octanol–water partition coefficient (Wildman–Crippen LogP) is 3.74. The van der Waals surface area contributed by atoms with Crippen molar-refractivity contribution in [2.75, 3.05) is 11.9 Å². The van der Waals surface area contributed by atoms with Crippen molar-refractivity contribution in [1.29, 1.82) is 0 Å². The average Bonchev–Trinajstić information content (AvgIpc) is 2.50. The fourth-order valence-electron chi connectivity index (χ4n) is 2.14. The van der Waals surface area contributed by atoms with Gasteiger partial charge in [-0.3, -0.25) is 4.79 Å². The van der Waals surface area contributed by atoms with Crippen molar-refractivity contribution in [3.05, 3.63) is 64.1 Å². The van der Waals surface area contributed by atoms with Crippen LogP contribution in [-0.2, 0) is 17.8 Å². The van der Waals surface area contributed by atoms with Gasteiger partial charge in [0.1, 0.15) is 0 Å². The Kier molecular flexibility index (Phi) is 5.96. The van der Waals surface area contributed by atoms with Gasteiger partial charge in [-0.15, -0.1) is 0 Å². The molecule has 0 aromatic heterocycles. The van der Waals surface area contributed by atoms with Gasteiger partial charge in [0.2, 0.25) is 5.91 Å². The van der Waals surface area contributed by atoms with E-state index in [1.54, 1.807) is 0 Å². The van der Waals surface area contributed by atoms with Gasteiger partial charge in [-0.2, -0.15) is 0 Å². The summed E-state index contributed by atoms with van der Waals surface area (Å²) in [6, 6.07) is 15.9. The van der Waals surface area contributed by atoms with Gasteiger partial charge in [-0.25, -0.2) is 0 Å². The molecule has 2 aromatic carbocycles. The Balaban J connectivity index is 1.83. The molecule has 2 aromatic rings. The Labute approximate surface area is 133 Å². The molecule has 21 heavy (non-hydrogen) atoms. The summed E-state index contributed by atoms with van der Waals surface area (Å²) in [5, 5.41) is 6.07. The number of para-hydroxylation sites is 1. The largest absolute Gasteiger partial charge is 0.324 e. The maximum atomic E-state index is 11.9. The molecule has 0 radical (unpaired) electrons. The SMILES string of the molecule is CCc1ccccc1CNCC(=O)Nc1ccccc1Br. The number of benzene rings is 2. The van der Waals surface area contributed by atoms with Gasteiger partial charge >= 0.3 is 0 Å². The molecule has 0 heterocycles. The molecule has 0 atom stereocenters. The molecule has 0 fully saturated rings. The second kappa shape index (κ2) is 7.96. The third-order valence-corrected chi connectivity index (χ3v) is 3.94. The normalized spacial score (nSPS) is 10.4. The molecule has 1 amide bonds. The molecule has 3 nitrogen and oxygen atoms in total. The molecule has 0 bridgehead atoms. The zero-order chi connectivity index (χ0) is 15.1. The van der Waals surface area contributed by atoms with Crippen LogP contribution >= 0.6 is 15.9 Å². The summed E-state index contributed by atoms with van der Waals surface area (Å²) >= 11 is 3.41. The quantitative estimate of drug-likeness (QED) is 0.836. The van der Waals surface area contributed by atoms with Crippen LogP contribution in [0.5, 0.6) is 0 Å². The van der Waals surface area contributed by atoms with E-state index in [4.69, 9.17) is 0 Å². The van der Waals surface area contributed by atoms with Crippen LogP contribution in [-0.4, -0.2) is 12.5 Å². The molecule has 0 aliphatic carbocycles. The lowest BCUT2D eigenvalue weighted by Gasteiger charge is -2.10. The second-order valence-corrected chi connectivity index (χ2v) is 5.61. The molecule has 2 N–H and O–H groups in total. The first-order valence-electron chi connectivity index (χ1n) is 7.02. The van der Waals surface area contributed by atoms with Crippen LogP contribution in [0.25, 0.3) is 0 Å². The van der Waals surface area contributed by atoms with Crippen LogP contribution < -0.4 is 10.6 Å². The lowest BCUT2D eigenvalue weighted by atomic mass is 10.1. The third kappa shape index (κ3) is 4.69. The van der Waals surface area contributed by atoms with Gasteiger partial charge in [0.05, 0.1) is 12.2 Å². The summed E-state index contributed by atoms with van der Waals surface area (Å²) in [7, 11) is 0. The highest BCUT2D eigenvalue weighted by atomic mass is 79.9. The van der Waals surface area contributed by atoms with Crippen molar-refractivity contribution in [2.45, 2.75) is 19.9 Å². The Morgan fingerprint density at radius 3 is 2.43 bits per heavy atom. The van der Waals surface area contributed by atoms with Gasteiger partial charge in [-0.05, 0) is 45.6 Å². The lowest BCUT2D eigenvalue weighted by molar-refractivity contribution is -0.115. The molecular weight excluding hydrogens is 328 g/mol. The Morgan fingerprint density at radius 2 is 1.71 bits per heavy atom. The van der Waals surface area contributed by atoms with E-state index in [9.17, 15) is 4.79 Å². The van der Waals surface area contributed by atoms with Crippen LogP contribution in [0.4, 0.5) is 5.69 Å². The number of carbonyl (C=O) groups excluding carboxylic acids is 1. The van der Waals surface area contributed by atoms with E-state index in [0.29, 0.717) is 13.1 Å². The maximum absolute atomic E-state index is 11.9. The zero-order valence-electron chi connectivity index (χ0n) is 12.0. The number of amides is 1. The monoisotopic (exact) mass is 346 g/mol. The predicted molar refractivity (Wildman–Crippen MR) is 90.3 cm³/mol. The van der Waals surface area contributed by atoms with Crippen LogP contribution in [0.1, 0.15) is 18.1 Å². The number of nitrogens with one attached hydrogen (secondary N) is 2. The number of aryl methyl sites for hydroxylation is 1. The fraction of sp³-hybridized carbons (Fsp3) is 0.235. The van der Waals surface area contributed by atoms with Gasteiger partial charge in [-0.1, -0.05) is 43.3 Å². The molecule has 2 rings (SSSR count). The maximum Gasteiger partial charge on any atom is 0.238 e. The first-order valence-corrected chi connectivity index (χ1v) is 7.82. The van der Waals surface area contributed by atoms with Gasteiger partial charge < -0.3 is 10.6 Å². The highest BCUT2D eigenvalue weighted by Crippen LogP contribution is 2.20. The minimum atomic E-state index is -0.0455. The number of halogens is 1. The standard InChI is InChI=1S/C17H19BrN2O/c1-2-13-7-3-4-8-14(13)11-19-12-17(21)20-16-10-6-5-9-15(16)18/h3-10,19H,2,11-12H2,1H3,(H,20,21). The first-order chi connectivity index (χ1) is 10.2. The molecule has 0 unspecified atom stereocenters. The minimum absolute atomic E-state index is 0.0455. The number of anilines is 1. The van der Waals surface area contributed by atoms with E-state index in [1.807, 2.05) is 36.4 Å². The summed E-state index contributed by atoms with van der Waals surface area (Å²) in [6.45, 7) is 3.13. The summed E-state index contributed by atoms with van der Waals surface area (Å²) in [6.07, 6.45) is 1.00. The average molecular weight is 347 g/mol. The van der Waals surface area contributed by atoms with E-state index in [1.165, 1.54) is 11.1 Å². The number of hydrogen-bond acceptors (Lipinski definition) is 2.